The summed E-state index contributed by atoms with van der Waals surface area (Å²) < 4.78 is 15.9. The first-order valence-corrected chi connectivity index (χ1v) is 4.97. The molecule has 15 heavy (non-hydrogen) atoms. The smallest absolute Gasteiger partial charge is 0.125 e. The van der Waals surface area contributed by atoms with Crippen LogP contribution in [0.25, 0.3) is 0 Å². The van der Waals surface area contributed by atoms with Gasteiger partial charge in [0.25, 0.3) is 0 Å². The van der Waals surface area contributed by atoms with Crippen LogP contribution in [0.4, 0.5) is 0 Å². The van der Waals surface area contributed by atoms with Crippen molar-refractivity contribution in [3.8, 4) is 11.5 Å². The van der Waals surface area contributed by atoms with Gasteiger partial charge in [-0.15, -0.1) is 0 Å². The van der Waals surface area contributed by atoms with E-state index in [9.17, 15) is 0 Å². The molecule has 0 unspecified atom stereocenters. The molecule has 0 N–H and O–H groups in total. The number of benzene rings is 1. The summed E-state index contributed by atoms with van der Waals surface area (Å²) in [4.78, 5) is 0. The molecule has 0 aliphatic carbocycles. The molecule has 0 spiro atoms. The number of rotatable bonds is 5. The van der Waals surface area contributed by atoms with Crippen LogP contribution in [0, 0.1) is 6.92 Å². The predicted octanol–water partition coefficient (Wildman–Crippen LogP) is 2.42. The zero-order valence-electron chi connectivity index (χ0n) is 9.74. The first-order valence-electron chi connectivity index (χ1n) is 4.97. The van der Waals surface area contributed by atoms with Crippen LogP contribution in [-0.4, -0.2) is 26.9 Å². The van der Waals surface area contributed by atoms with Gasteiger partial charge in [0.05, 0.1) is 13.7 Å². The van der Waals surface area contributed by atoms with Crippen molar-refractivity contribution in [2.24, 2.45) is 0 Å². The first-order chi connectivity index (χ1) is 7.17. The number of hydrogen-bond acceptors (Lipinski definition) is 3. The fourth-order valence-electron chi connectivity index (χ4n) is 1.37. The van der Waals surface area contributed by atoms with Gasteiger partial charge < -0.3 is 14.2 Å². The van der Waals surface area contributed by atoms with Crippen molar-refractivity contribution in [3.63, 3.8) is 0 Å². The summed E-state index contributed by atoms with van der Waals surface area (Å²) in [6.07, 6.45) is 0.0439. The van der Waals surface area contributed by atoms with Crippen molar-refractivity contribution in [1.82, 2.24) is 0 Å². The van der Waals surface area contributed by atoms with Crippen LogP contribution < -0.4 is 9.47 Å². The Morgan fingerprint density at radius 3 is 2.60 bits per heavy atom. The summed E-state index contributed by atoms with van der Waals surface area (Å²) in [6.45, 7) is 4.55. The lowest BCUT2D eigenvalue weighted by Gasteiger charge is -2.15. The molecule has 3 nitrogen and oxygen atoms in total. The van der Waals surface area contributed by atoms with Crippen molar-refractivity contribution in [1.29, 1.82) is 0 Å². The van der Waals surface area contributed by atoms with E-state index >= 15 is 0 Å². The molecular weight excluding hydrogens is 192 g/mol. The van der Waals surface area contributed by atoms with Crippen LogP contribution in [0.5, 0.6) is 11.5 Å². The minimum atomic E-state index is 0.0439. The lowest BCUT2D eigenvalue weighted by molar-refractivity contribution is 0.0919. The fourth-order valence-corrected chi connectivity index (χ4v) is 1.37. The number of ether oxygens (including phenoxy) is 3. The Morgan fingerprint density at radius 2 is 2.00 bits per heavy atom. The summed E-state index contributed by atoms with van der Waals surface area (Å²) in [5, 5.41) is 0. The van der Waals surface area contributed by atoms with Gasteiger partial charge in [0.15, 0.2) is 0 Å². The van der Waals surface area contributed by atoms with E-state index in [1.165, 1.54) is 0 Å². The highest BCUT2D eigenvalue weighted by Gasteiger charge is 2.05. The quantitative estimate of drug-likeness (QED) is 0.747. The summed E-state index contributed by atoms with van der Waals surface area (Å²) in [5.74, 6) is 1.65. The highest BCUT2D eigenvalue weighted by atomic mass is 16.5. The maximum Gasteiger partial charge on any atom is 0.125 e. The van der Waals surface area contributed by atoms with E-state index in [0.29, 0.717) is 6.61 Å². The van der Waals surface area contributed by atoms with E-state index in [2.05, 4.69) is 0 Å². The van der Waals surface area contributed by atoms with Gasteiger partial charge in [-0.1, -0.05) is 6.07 Å². The molecule has 1 atom stereocenters. The molecule has 0 heterocycles. The van der Waals surface area contributed by atoms with Gasteiger partial charge in [0.2, 0.25) is 0 Å². The molecule has 0 aromatic heterocycles. The van der Waals surface area contributed by atoms with E-state index < -0.39 is 0 Å². The molecule has 0 saturated heterocycles. The molecule has 0 amide bonds. The maximum absolute atomic E-state index is 5.65. The van der Waals surface area contributed by atoms with Crippen molar-refractivity contribution < 1.29 is 14.2 Å². The van der Waals surface area contributed by atoms with E-state index in [1.807, 2.05) is 32.0 Å². The zero-order chi connectivity index (χ0) is 11.3. The highest BCUT2D eigenvalue weighted by Crippen LogP contribution is 2.24. The molecule has 0 aliphatic rings. The molecule has 1 aromatic carbocycles. The summed E-state index contributed by atoms with van der Waals surface area (Å²) in [7, 11) is 3.32. The number of hydrogen-bond donors (Lipinski definition) is 0. The Balaban J connectivity index is 2.69. The van der Waals surface area contributed by atoms with E-state index in [0.717, 1.165) is 17.1 Å². The second-order valence-electron chi connectivity index (χ2n) is 3.52. The van der Waals surface area contributed by atoms with Gasteiger partial charge in [-0.05, 0) is 25.5 Å². The Labute approximate surface area is 91.0 Å². The molecule has 0 radical (unpaired) electrons. The SMILES string of the molecule is COC[C@@H](C)Oc1ccc(C)c(OC)c1. The fraction of sp³-hybridized carbons (Fsp3) is 0.500. The van der Waals surface area contributed by atoms with Crippen LogP contribution in [0.15, 0.2) is 18.2 Å². The standard InChI is InChI=1S/C12H18O3/c1-9-5-6-11(7-12(9)14-4)15-10(2)8-13-3/h5-7,10H,8H2,1-4H3/t10-/m1/s1. The van der Waals surface area contributed by atoms with Crippen molar-refractivity contribution in [3.05, 3.63) is 23.8 Å². The Morgan fingerprint density at radius 1 is 1.27 bits per heavy atom. The van der Waals surface area contributed by atoms with Gasteiger partial charge >= 0.3 is 0 Å². The van der Waals surface area contributed by atoms with Crippen molar-refractivity contribution in [2.75, 3.05) is 20.8 Å². The largest absolute Gasteiger partial charge is 0.496 e. The molecule has 1 rings (SSSR count). The molecule has 3 heteroatoms. The highest BCUT2D eigenvalue weighted by molar-refractivity contribution is 5.39. The summed E-state index contributed by atoms with van der Waals surface area (Å²) in [6, 6.07) is 5.80. The normalized spacial score (nSPS) is 12.3. The maximum atomic E-state index is 5.65. The molecular formula is C12H18O3. The van der Waals surface area contributed by atoms with Gasteiger partial charge in [-0.25, -0.2) is 0 Å². The van der Waals surface area contributed by atoms with Crippen molar-refractivity contribution >= 4 is 0 Å². The van der Waals surface area contributed by atoms with Crippen LogP contribution >= 0.6 is 0 Å². The molecule has 0 bridgehead atoms. The van der Waals surface area contributed by atoms with Crippen LogP contribution in [0.2, 0.25) is 0 Å². The predicted molar refractivity (Wildman–Crippen MR) is 59.7 cm³/mol. The average molecular weight is 210 g/mol. The topological polar surface area (TPSA) is 27.7 Å². The molecule has 0 saturated carbocycles. The van der Waals surface area contributed by atoms with E-state index in [1.54, 1.807) is 14.2 Å². The lowest BCUT2D eigenvalue weighted by Crippen LogP contribution is -2.17. The lowest BCUT2D eigenvalue weighted by atomic mass is 10.2. The summed E-state index contributed by atoms with van der Waals surface area (Å²) in [5.41, 5.74) is 1.10. The van der Waals surface area contributed by atoms with E-state index in [4.69, 9.17) is 14.2 Å². The zero-order valence-corrected chi connectivity index (χ0v) is 9.74. The van der Waals surface area contributed by atoms with Gasteiger partial charge in [0.1, 0.15) is 17.6 Å². The third kappa shape index (κ3) is 3.44. The number of methoxy groups -OCH3 is 2. The second-order valence-corrected chi connectivity index (χ2v) is 3.52. The Bertz CT molecular complexity index is 310. The second kappa shape index (κ2) is 5.61. The van der Waals surface area contributed by atoms with Gasteiger partial charge in [0, 0.05) is 13.2 Å². The molecule has 1 aromatic rings. The number of aryl methyl sites for hydroxylation is 1. The van der Waals surface area contributed by atoms with Crippen molar-refractivity contribution in [2.45, 2.75) is 20.0 Å². The van der Waals surface area contributed by atoms with Crippen LogP contribution in [-0.2, 0) is 4.74 Å². The third-order valence-corrected chi connectivity index (χ3v) is 2.12. The van der Waals surface area contributed by atoms with Crippen LogP contribution in [0.3, 0.4) is 0 Å². The first kappa shape index (κ1) is 11.9. The van der Waals surface area contributed by atoms with Gasteiger partial charge in [-0.2, -0.15) is 0 Å². The minimum absolute atomic E-state index is 0.0439. The van der Waals surface area contributed by atoms with Gasteiger partial charge in [-0.3, -0.25) is 0 Å². The third-order valence-electron chi connectivity index (χ3n) is 2.12. The molecule has 0 aliphatic heterocycles. The minimum Gasteiger partial charge on any atom is -0.496 e. The van der Waals surface area contributed by atoms with E-state index in [-0.39, 0.29) is 6.10 Å². The monoisotopic (exact) mass is 210 g/mol. The summed E-state index contributed by atoms with van der Waals surface area (Å²) >= 11 is 0. The molecule has 0 fully saturated rings. The Kier molecular flexibility index (Phi) is 4.43. The molecule has 84 valence electrons. The Hall–Kier alpha value is -1.22. The van der Waals surface area contributed by atoms with Crippen LogP contribution in [0.1, 0.15) is 12.5 Å². The average Bonchev–Trinajstić information content (AvgIpc) is 2.21.